The third-order valence-electron chi connectivity index (χ3n) is 2.89. The maximum atomic E-state index is 8.25. The van der Waals surface area contributed by atoms with Gasteiger partial charge < -0.3 is 9.32 Å². The van der Waals surface area contributed by atoms with Crippen LogP contribution in [0.3, 0.4) is 0 Å². The Bertz CT molecular complexity index is 358. The molecular weight excluding hydrogens is 200 g/mol. The van der Waals surface area contributed by atoms with E-state index in [9.17, 15) is 0 Å². The molecule has 0 bridgehead atoms. The summed E-state index contributed by atoms with van der Waals surface area (Å²) in [5.74, 6) is 1.66. The minimum atomic E-state index is -0.0881. The summed E-state index contributed by atoms with van der Waals surface area (Å²) in [4.78, 5) is 2.18. The molecule has 0 radical (unpaired) electrons. The molecular formula is C13H20N2O. The largest absolute Gasteiger partial charge is 0.467 e. The normalized spacial score (nSPS) is 16.2. The van der Waals surface area contributed by atoms with E-state index in [0.29, 0.717) is 11.9 Å². The zero-order valence-electron chi connectivity index (χ0n) is 10.3. The first kappa shape index (κ1) is 11.2. The molecule has 1 aromatic heterocycles. The van der Waals surface area contributed by atoms with Gasteiger partial charge in [0.2, 0.25) is 0 Å². The Balaban J connectivity index is 2.09. The first-order valence-electron chi connectivity index (χ1n) is 5.86. The maximum absolute atomic E-state index is 8.25. The van der Waals surface area contributed by atoms with Gasteiger partial charge in [-0.2, -0.15) is 0 Å². The molecule has 88 valence electrons. The van der Waals surface area contributed by atoms with Crippen molar-refractivity contribution in [3.63, 3.8) is 0 Å². The zero-order chi connectivity index (χ0) is 11.8. The molecule has 1 aromatic rings. The van der Waals surface area contributed by atoms with Crippen molar-refractivity contribution in [3.05, 3.63) is 24.2 Å². The number of nitrogens with zero attached hydrogens (tertiary/aromatic N) is 1. The molecule has 3 nitrogen and oxygen atoms in total. The van der Waals surface area contributed by atoms with Gasteiger partial charge >= 0.3 is 0 Å². The van der Waals surface area contributed by atoms with Crippen molar-refractivity contribution >= 4 is 5.84 Å². The quantitative estimate of drug-likeness (QED) is 0.627. The monoisotopic (exact) mass is 220 g/mol. The molecule has 1 N–H and O–H groups in total. The lowest BCUT2D eigenvalue weighted by molar-refractivity contribution is 0.319. The second-order valence-electron chi connectivity index (χ2n) is 5.54. The molecule has 3 heteroatoms. The fraction of sp³-hybridized carbons (Fsp3) is 0.615. The Morgan fingerprint density at radius 1 is 1.50 bits per heavy atom. The summed E-state index contributed by atoms with van der Waals surface area (Å²) in [6.07, 6.45) is 4.11. The Morgan fingerprint density at radius 3 is 2.62 bits per heavy atom. The van der Waals surface area contributed by atoms with Crippen molar-refractivity contribution < 1.29 is 4.42 Å². The summed E-state index contributed by atoms with van der Waals surface area (Å²) in [6.45, 7) is 7.00. The number of rotatable bonds is 3. The molecule has 0 unspecified atom stereocenters. The molecule has 0 saturated heterocycles. The van der Waals surface area contributed by atoms with Crippen molar-refractivity contribution in [2.45, 2.75) is 46.2 Å². The van der Waals surface area contributed by atoms with Gasteiger partial charge in [-0.3, -0.25) is 5.41 Å². The van der Waals surface area contributed by atoms with Crippen molar-refractivity contribution in [1.82, 2.24) is 4.90 Å². The number of amidine groups is 1. The maximum Gasteiger partial charge on any atom is 0.123 e. The first-order chi connectivity index (χ1) is 7.48. The summed E-state index contributed by atoms with van der Waals surface area (Å²) in [5, 5.41) is 8.25. The predicted molar refractivity (Wildman–Crippen MR) is 64.5 cm³/mol. The SMILES string of the molecule is CC(C)(C)C(=N)N(Cc1ccco1)C1CC1. The lowest BCUT2D eigenvalue weighted by atomic mass is 9.94. The van der Waals surface area contributed by atoms with Crippen LogP contribution in [0.1, 0.15) is 39.4 Å². The molecule has 0 aromatic carbocycles. The molecule has 0 atom stereocenters. The van der Waals surface area contributed by atoms with E-state index >= 15 is 0 Å². The summed E-state index contributed by atoms with van der Waals surface area (Å²) >= 11 is 0. The highest BCUT2D eigenvalue weighted by Gasteiger charge is 2.35. The third-order valence-corrected chi connectivity index (χ3v) is 2.89. The van der Waals surface area contributed by atoms with E-state index in [4.69, 9.17) is 9.83 Å². The summed E-state index contributed by atoms with van der Waals surface area (Å²) in [5.41, 5.74) is -0.0881. The fourth-order valence-corrected chi connectivity index (χ4v) is 1.78. The van der Waals surface area contributed by atoms with Crippen LogP contribution >= 0.6 is 0 Å². The van der Waals surface area contributed by atoms with Gasteiger partial charge in [0.25, 0.3) is 0 Å². The Morgan fingerprint density at radius 2 is 2.19 bits per heavy atom. The topological polar surface area (TPSA) is 40.2 Å². The molecule has 0 amide bonds. The molecule has 2 rings (SSSR count). The van der Waals surface area contributed by atoms with E-state index in [1.165, 1.54) is 12.8 Å². The van der Waals surface area contributed by atoms with Crippen LogP contribution in [0.25, 0.3) is 0 Å². The van der Waals surface area contributed by atoms with Crippen LogP contribution < -0.4 is 0 Å². The minimum Gasteiger partial charge on any atom is -0.467 e. The third kappa shape index (κ3) is 2.46. The van der Waals surface area contributed by atoms with E-state index in [1.54, 1.807) is 6.26 Å². The van der Waals surface area contributed by atoms with Crippen LogP contribution in [0.4, 0.5) is 0 Å². The van der Waals surface area contributed by atoms with Gasteiger partial charge in [-0.15, -0.1) is 0 Å². The first-order valence-corrected chi connectivity index (χ1v) is 5.86. The average Bonchev–Trinajstić information content (AvgIpc) is 2.90. The standard InChI is InChI=1S/C13H20N2O/c1-13(2,3)12(14)15(10-6-7-10)9-11-5-4-8-16-11/h4-5,8,10,14H,6-7,9H2,1-3H3. The van der Waals surface area contributed by atoms with Gasteiger partial charge in [0.15, 0.2) is 0 Å². The molecule has 0 spiro atoms. The predicted octanol–water partition coefficient (Wildman–Crippen LogP) is 3.27. The van der Waals surface area contributed by atoms with Gasteiger partial charge in [0.05, 0.1) is 12.8 Å². The molecule has 0 aliphatic heterocycles. The van der Waals surface area contributed by atoms with E-state index in [2.05, 4.69) is 25.7 Å². The van der Waals surface area contributed by atoms with Crippen molar-refractivity contribution in [2.24, 2.45) is 5.41 Å². The molecule has 1 aliphatic rings. The van der Waals surface area contributed by atoms with Crippen LogP contribution in [0.15, 0.2) is 22.8 Å². The second-order valence-corrected chi connectivity index (χ2v) is 5.54. The van der Waals surface area contributed by atoms with E-state index in [-0.39, 0.29) is 5.41 Å². The highest BCUT2D eigenvalue weighted by atomic mass is 16.3. The number of hydrogen-bond donors (Lipinski definition) is 1. The Hall–Kier alpha value is -1.25. The molecule has 1 saturated carbocycles. The van der Waals surface area contributed by atoms with Gasteiger partial charge in [0.1, 0.15) is 11.6 Å². The van der Waals surface area contributed by atoms with E-state index in [0.717, 1.165) is 12.3 Å². The summed E-state index contributed by atoms with van der Waals surface area (Å²) < 4.78 is 5.37. The van der Waals surface area contributed by atoms with Crippen LogP contribution in [0, 0.1) is 10.8 Å². The van der Waals surface area contributed by atoms with E-state index in [1.807, 2.05) is 12.1 Å². The average molecular weight is 220 g/mol. The number of nitrogens with one attached hydrogen (secondary N) is 1. The Labute approximate surface area is 96.9 Å². The van der Waals surface area contributed by atoms with Crippen LogP contribution in [0.2, 0.25) is 0 Å². The van der Waals surface area contributed by atoms with Gasteiger partial charge in [-0.1, -0.05) is 20.8 Å². The number of furan rings is 1. The van der Waals surface area contributed by atoms with E-state index < -0.39 is 0 Å². The fourth-order valence-electron chi connectivity index (χ4n) is 1.78. The van der Waals surface area contributed by atoms with Gasteiger partial charge in [-0.05, 0) is 25.0 Å². The zero-order valence-corrected chi connectivity index (χ0v) is 10.3. The van der Waals surface area contributed by atoms with Crippen LogP contribution in [0.5, 0.6) is 0 Å². The molecule has 16 heavy (non-hydrogen) atoms. The van der Waals surface area contributed by atoms with Crippen LogP contribution in [-0.4, -0.2) is 16.8 Å². The molecule has 1 heterocycles. The van der Waals surface area contributed by atoms with Gasteiger partial charge in [0, 0.05) is 11.5 Å². The highest BCUT2D eigenvalue weighted by Crippen LogP contribution is 2.32. The van der Waals surface area contributed by atoms with Crippen molar-refractivity contribution in [1.29, 1.82) is 5.41 Å². The molecule has 1 fully saturated rings. The lowest BCUT2D eigenvalue weighted by Crippen LogP contribution is -2.39. The van der Waals surface area contributed by atoms with Crippen LogP contribution in [-0.2, 0) is 6.54 Å². The smallest absolute Gasteiger partial charge is 0.123 e. The lowest BCUT2D eigenvalue weighted by Gasteiger charge is -2.32. The molecule has 1 aliphatic carbocycles. The summed E-state index contributed by atoms with van der Waals surface area (Å²) in [7, 11) is 0. The summed E-state index contributed by atoms with van der Waals surface area (Å²) in [6, 6.07) is 4.43. The van der Waals surface area contributed by atoms with Crippen molar-refractivity contribution in [3.8, 4) is 0 Å². The van der Waals surface area contributed by atoms with Gasteiger partial charge in [-0.25, -0.2) is 0 Å². The van der Waals surface area contributed by atoms with Crippen molar-refractivity contribution in [2.75, 3.05) is 0 Å². The highest BCUT2D eigenvalue weighted by molar-refractivity contribution is 5.84. The number of hydrogen-bond acceptors (Lipinski definition) is 2. The minimum absolute atomic E-state index is 0.0881. The Kier molecular flexibility index (Phi) is 2.78. The second kappa shape index (κ2) is 3.96.